The zero-order valence-electron chi connectivity index (χ0n) is 10.9. The van der Waals surface area contributed by atoms with E-state index in [9.17, 15) is 4.79 Å². The first kappa shape index (κ1) is 13.8. The summed E-state index contributed by atoms with van der Waals surface area (Å²) in [5, 5.41) is 14.0. The monoisotopic (exact) mass is 274 g/mol. The SMILES string of the molecule is N#C/C(=C\c1cccs1)C(=O)NC1CCCCCC1. The predicted octanol–water partition coefficient (Wildman–Crippen LogP) is 3.49. The Balaban J connectivity index is 1.99. The highest BCUT2D eigenvalue weighted by Gasteiger charge is 2.17. The molecule has 0 bridgehead atoms. The zero-order valence-corrected chi connectivity index (χ0v) is 11.7. The van der Waals surface area contributed by atoms with E-state index in [2.05, 4.69) is 5.32 Å². The molecule has 2 rings (SSSR count). The van der Waals surface area contributed by atoms with Crippen LogP contribution in [0, 0.1) is 11.3 Å². The molecule has 1 N–H and O–H groups in total. The van der Waals surface area contributed by atoms with E-state index in [0.29, 0.717) is 0 Å². The van der Waals surface area contributed by atoms with E-state index in [0.717, 1.165) is 17.7 Å². The number of carbonyl (C=O) groups is 1. The van der Waals surface area contributed by atoms with E-state index in [1.54, 1.807) is 6.08 Å². The topological polar surface area (TPSA) is 52.9 Å². The summed E-state index contributed by atoms with van der Waals surface area (Å²) in [5.74, 6) is -0.234. The number of nitrogens with one attached hydrogen (secondary N) is 1. The van der Waals surface area contributed by atoms with Crippen LogP contribution in [0.15, 0.2) is 23.1 Å². The van der Waals surface area contributed by atoms with Gasteiger partial charge in [0.1, 0.15) is 11.6 Å². The summed E-state index contributed by atoms with van der Waals surface area (Å²) < 4.78 is 0. The van der Waals surface area contributed by atoms with Gasteiger partial charge in [0, 0.05) is 10.9 Å². The minimum atomic E-state index is -0.234. The smallest absolute Gasteiger partial charge is 0.262 e. The first-order chi connectivity index (χ1) is 9.29. The Labute approximate surface area is 117 Å². The number of carbonyl (C=O) groups excluding carboxylic acids is 1. The molecular weight excluding hydrogens is 256 g/mol. The Morgan fingerprint density at radius 2 is 2.11 bits per heavy atom. The van der Waals surface area contributed by atoms with Gasteiger partial charge in [0.05, 0.1) is 0 Å². The summed E-state index contributed by atoms with van der Waals surface area (Å²) in [7, 11) is 0. The molecule has 0 spiro atoms. The highest BCUT2D eigenvalue weighted by Crippen LogP contribution is 2.18. The van der Waals surface area contributed by atoms with Crippen LogP contribution in [0.1, 0.15) is 43.4 Å². The minimum Gasteiger partial charge on any atom is -0.349 e. The van der Waals surface area contributed by atoms with Crippen LogP contribution in [0.4, 0.5) is 0 Å². The van der Waals surface area contributed by atoms with Gasteiger partial charge in [-0.2, -0.15) is 5.26 Å². The van der Waals surface area contributed by atoms with Crippen LogP contribution in [0.25, 0.3) is 6.08 Å². The van der Waals surface area contributed by atoms with Crippen LogP contribution >= 0.6 is 11.3 Å². The second-order valence-electron chi connectivity index (χ2n) is 4.85. The quantitative estimate of drug-likeness (QED) is 0.521. The van der Waals surface area contributed by atoms with Crippen molar-refractivity contribution in [2.24, 2.45) is 0 Å². The van der Waals surface area contributed by atoms with Gasteiger partial charge in [-0.15, -0.1) is 11.3 Å². The van der Waals surface area contributed by atoms with Crippen molar-refractivity contribution in [2.75, 3.05) is 0 Å². The van der Waals surface area contributed by atoms with Crippen LogP contribution in [-0.2, 0) is 4.79 Å². The van der Waals surface area contributed by atoms with Gasteiger partial charge in [0.2, 0.25) is 0 Å². The second kappa shape index (κ2) is 7.10. The largest absolute Gasteiger partial charge is 0.349 e. The minimum absolute atomic E-state index is 0.201. The number of nitrogens with zero attached hydrogens (tertiary/aromatic N) is 1. The van der Waals surface area contributed by atoms with Gasteiger partial charge >= 0.3 is 0 Å². The summed E-state index contributed by atoms with van der Waals surface area (Å²) in [4.78, 5) is 13.0. The molecule has 0 aliphatic heterocycles. The Kier molecular flexibility index (Phi) is 5.17. The number of hydrogen-bond acceptors (Lipinski definition) is 3. The lowest BCUT2D eigenvalue weighted by molar-refractivity contribution is -0.117. The molecule has 0 saturated heterocycles. The Morgan fingerprint density at radius 3 is 2.68 bits per heavy atom. The van der Waals surface area contributed by atoms with Crippen molar-refractivity contribution < 1.29 is 4.79 Å². The third kappa shape index (κ3) is 4.22. The Hall–Kier alpha value is -1.60. The van der Waals surface area contributed by atoms with Crippen LogP contribution in [0.5, 0.6) is 0 Å². The number of nitriles is 1. The maximum atomic E-state index is 12.1. The van der Waals surface area contributed by atoms with E-state index in [4.69, 9.17) is 5.26 Å². The van der Waals surface area contributed by atoms with Crippen molar-refractivity contribution in [2.45, 2.75) is 44.6 Å². The molecule has 19 heavy (non-hydrogen) atoms. The molecule has 1 heterocycles. The first-order valence-electron chi connectivity index (χ1n) is 6.76. The van der Waals surface area contributed by atoms with Gasteiger partial charge in [0.25, 0.3) is 5.91 Å². The number of amides is 1. The standard InChI is InChI=1S/C15H18N2OS/c16-11-12(10-14-8-5-9-19-14)15(18)17-13-6-3-1-2-4-7-13/h5,8-10,13H,1-4,6-7H2,(H,17,18)/b12-10+. The maximum absolute atomic E-state index is 12.1. The van der Waals surface area contributed by atoms with Crippen molar-refractivity contribution in [3.63, 3.8) is 0 Å². The molecule has 0 unspecified atom stereocenters. The van der Waals surface area contributed by atoms with Gasteiger partial charge in [0.15, 0.2) is 0 Å². The molecule has 1 saturated carbocycles. The number of thiophene rings is 1. The third-order valence-corrected chi connectivity index (χ3v) is 4.20. The molecule has 1 amide bonds. The van der Waals surface area contributed by atoms with Gasteiger partial charge in [-0.3, -0.25) is 4.79 Å². The summed E-state index contributed by atoms with van der Waals surface area (Å²) >= 11 is 1.53. The highest BCUT2D eigenvalue weighted by molar-refractivity contribution is 7.10. The Bertz CT molecular complexity index is 477. The highest BCUT2D eigenvalue weighted by atomic mass is 32.1. The molecule has 1 aromatic heterocycles. The van der Waals surface area contributed by atoms with E-state index >= 15 is 0 Å². The lowest BCUT2D eigenvalue weighted by atomic mass is 10.1. The fraction of sp³-hybridized carbons (Fsp3) is 0.467. The molecule has 100 valence electrons. The molecule has 1 aliphatic rings. The average molecular weight is 274 g/mol. The van der Waals surface area contributed by atoms with E-state index in [1.165, 1.54) is 37.0 Å². The Morgan fingerprint density at radius 1 is 1.37 bits per heavy atom. The molecule has 3 nitrogen and oxygen atoms in total. The van der Waals surface area contributed by atoms with E-state index in [-0.39, 0.29) is 17.5 Å². The van der Waals surface area contributed by atoms with Crippen LogP contribution in [0.2, 0.25) is 0 Å². The molecule has 4 heteroatoms. The molecule has 0 atom stereocenters. The van der Waals surface area contributed by atoms with Gasteiger partial charge < -0.3 is 5.32 Å². The lowest BCUT2D eigenvalue weighted by Gasteiger charge is -2.15. The fourth-order valence-corrected chi connectivity index (χ4v) is 3.01. The van der Waals surface area contributed by atoms with Gasteiger partial charge in [-0.05, 0) is 30.4 Å². The van der Waals surface area contributed by atoms with E-state index < -0.39 is 0 Å². The summed E-state index contributed by atoms with van der Waals surface area (Å²) in [6.45, 7) is 0. The first-order valence-corrected chi connectivity index (χ1v) is 7.64. The lowest BCUT2D eigenvalue weighted by Crippen LogP contribution is -2.35. The maximum Gasteiger partial charge on any atom is 0.262 e. The molecule has 1 aromatic rings. The van der Waals surface area contributed by atoms with Crippen LogP contribution < -0.4 is 5.32 Å². The summed E-state index contributed by atoms with van der Waals surface area (Å²) in [6, 6.07) is 6.05. The molecule has 1 aliphatic carbocycles. The van der Waals surface area contributed by atoms with Crippen molar-refractivity contribution in [1.82, 2.24) is 5.32 Å². The number of rotatable bonds is 3. The molecule has 0 aromatic carbocycles. The van der Waals surface area contributed by atoms with Crippen molar-refractivity contribution in [3.8, 4) is 6.07 Å². The average Bonchev–Trinajstić information content (AvgIpc) is 2.79. The predicted molar refractivity (Wildman–Crippen MR) is 77.5 cm³/mol. The van der Waals surface area contributed by atoms with Crippen molar-refractivity contribution >= 4 is 23.3 Å². The molecule has 1 fully saturated rings. The van der Waals surface area contributed by atoms with Crippen LogP contribution in [-0.4, -0.2) is 11.9 Å². The third-order valence-electron chi connectivity index (χ3n) is 3.39. The summed E-state index contributed by atoms with van der Waals surface area (Å²) in [5.41, 5.74) is 0.201. The molecule has 0 radical (unpaired) electrons. The van der Waals surface area contributed by atoms with Gasteiger partial charge in [-0.25, -0.2) is 0 Å². The van der Waals surface area contributed by atoms with Crippen molar-refractivity contribution in [1.29, 1.82) is 5.26 Å². The summed E-state index contributed by atoms with van der Waals surface area (Å²) in [6.07, 6.45) is 8.57. The zero-order chi connectivity index (χ0) is 13.5. The van der Waals surface area contributed by atoms with Crippen molar-refractivity contribution in [3.05, 3.63) is 28.0 Å². The van der Waals surface area contributed by atoms with Crippen LogP contribution in [0.3, 0.4) is 0 Å². The van der Waals surface area contributed by atoms with E-state index in [1.807, 2.05) is 23.6 Å². The van der Waals surface area contributed by atoms with Gasteiger partial charge in [-0.1, -0.05) is 31.7 Å². The second-order valence-corrected chi connectivity index (χ2v) is 5.83. The molecular formula is C15H18N2OS. The normalized spacial score (nSPS) is 17.5. The number of hydrogen-bond donors (Lipinski definition) is 1. The fourth-order valence-electron chi connectivity index (χ4n) is 2.35.